The topological polar surface area (TPSA) is 119 Å². The fourth-order valence-corrected chi connectivity index (χ4v) is 2.50. The number of primary amides is 1. The van der Waals surface area contributed by atoms with E-state index in [2.05, 4.69) is 20.6 Å². The lowest BCUT2D eigenvalue weighted by atomic mass is 10.1. The van der Waals surface area contributed by atoms with Gasteiger partial charge in [-0.1, -0.05) is 13.3 Å². The predicted octanol–water partition coefficient (Wildman–Crippen LogP) is 2.69. The second kappa shape index (κ2) is 8.57. The summed E-state index contributed by atoms with van der Waals surface area (Å²) in [6.07, 6.45) is 3.25. The van der Waals surface area contributed by atoms with E-state index in [9.17, 15) is 9.18 Å². The highest BCUT2D eigenvalue weighted by atomic mass is 19.1. The van der Waals surface area contributed by atoms with Crippen LogP contribution in [0.15, 0.2) is 24.4 Å². The van der Waals surface area contributed by atoms with E-state index in [0.717, 1.165) is 24.6 Å². The van der Waals surface area contributed by atoms with Gasteiger partial charge >= 0.3 is 0 Å². The van der Waals surface area contributed by atoms with Crippen molar-refractivity contribution in [2.24, 2.45) is 11.5 Å². The normalized spacial score (nSPS) is 13.1. The number of carbonyl (C=O) groups is 1. The molecule has 1 amide bonds. The summed E-state index contributed by atoms with van der Waals surface area (Å²) in [5.41, 5.74) is 12.7. The van der Waals surface area contributed by atoms with Crippen LogP contribution in [0.3, 0.4) is 0 Å². The Labute approximate surface area is 152 Å². The Bertz CT molecular complexity index is 763. The van der Waals surface area contributed by atoms with Gasteiger partial charge < -0.3 is 22.1 Å². The fraction of sp³-hybridized carbons (Fsp3) is 0.389. The Balaban J connectivity index is 2.38. The number of halogens is 1. The number of hydrogen-bond acceptors (Lipinski definition) is 6. The van der Waals surface area contributed by atoms with Crippen molar-refractivity contribution in [3.05, 3.63) is 41.5 Å². The predicted molar refractivity (Wildman–Crippen MR) is 101 cm³/mol. The summed E-state index contributed by atoms with van der Waals surface area (Å²) in [6, 6.07) is 4.33. The highest BCUT2D eigenvalue weighted by molar-refractivity contribution is 5.98. The van der Waals surface area contributed by atoms with E-state index in [1.54, 1.807) is 12.3 Å². The summed E-state index contributed by atoms with van der Waals surface area (Å²) in [6.45, 7) is 5.73. The van der Waals surface area contributed by atoms with Crippen molar-refractivity contribution in [3.8, 4) is 0 Å². The molecular weight excluding hydrogens is 335 g/mol. The molecule has 2 heterocycles. The Morgan fingerprint density at radius 1 is 1.35 bits per heavy atom. The molecule has 2 atom stereocenters. The number of nitrogens with two attached hydrogens (primary N) is 2. The smallest absolute Gasteiger partial charge is 0.252 e. The largest absolute Gasteiger partial charge is 0.365 e. The van der Waals surface area contributed by atoms with Crippen molar-refractivity contribution in [3.63, 3.8) is 0 Å². The van der Waals surface area contributed by atoms with Crippen LogP contribution in [0.1, 0.15) is 42.7 Å². The van der Waals surface area contributed by atoms with E-state index in [1.807, 2.05) is 26.8 Å². The van der Waals surface area contributed by atoms with Crippen LogP contribution in [-0.2, 0) is 0 Å². The molecular formula is C18H25FN6O. The standard InChI is InChI=1S/C18H25FN6O/c1-4-5-15(11(3)20)24-18-14(19)8-13(16(21)26)17(25-18)23-12-7-6-10(2)22-9-12/h6-9,11,15H,4-5,20H2,1-3H3,(H2,21,26)(H2,23,24,25)/t11-,15+/m0/s1. The van der Waals surface area contributed by atoms with Gasteiger partial charge in [0.15, 0.2) is 11.6 Å². The van der Waals surface area contributed by atoms with Crippen LogP contribution in [0.25, 0.3) is 0 Å². The van der Waals surface area contributed by atoms with Crippen molar-refractivity contribution in [1.29, 1.82) is 0 Å². The number of aromatic nitrogens is 2. The number of carbonyl (C=O) groups excluding carboxylic acids is 1. The van der Waals surface area contributed by atoms with E-state index in [0.29, 0.717) is 5.69 Å². The first-order valence-electron chi connectivity index (χ1n) is 8.54. The molecule has 26 heavy (non-hydrogen) atoms. The van der Waals surface area contributed by atoms with E-state index in [-0.39, 0.29) is 29.3 Å². The van der Waals surface area contributed by atoms with Gasteiger partial charge in [0.05, 0.1) is 17.4 Å². The van der Waals surface area contributed by atoms with Gasteiger partial charge in [0.2, 0.25) is 0 Å². The quantitative estimate of drug-likeness (QED) is 0.575. The first kappa shape index (κ1) is 19.6. The summed E-state index contributed by atoms with van der Waals surface area (Å²) >= 11 is 0. The first-order chi connectivity index (χ1) is 12.3. The second-order valence-electron chi connectivity index (χ2n) is 6.29. The molecule has 140 valence electrons. The van der Waals surface area contributed by atoms with E-state index in [1.165, 1.54) is 0 Å². The average Bonchev–Trinajstić information content (AvgIpc) is 2.58. The van der Waals surface area contributed by atoms with E-state index in [4.69, 9.17) is 11.5 Å². The number of pyridine rings is 2. The van der Waals surface area contributed by atoms with Crippen LogP contribution < -0.4 is 22.1 Å². The maximum Gasteiger partial charge on any atom is 0.252 e. The molecule has 2 aromatic rings. The zero-order valence-electron chi connectivity index (χ0n) is 15.2. The van der Waals surface area contributed by atoms with E-state index < -0.39 is 11.7 Å². The number of aryl methyl sites for hydroxylation is 1. The van der Waals surface area contributed by atoms with Crippen LogP contribution in [-0.4, -0.2) is 28.0 Å². The molecule has 0 aliphatic heterocycles. The molecule has 0 aromatic carbocycles. The van der Waals surface area contributed by atoms with Gasteiger partial charge in [-0.15, -0.1) is 0 Å². The van der Waals surface area contributed by atoms with Crippen LogP contribution in [0.5, 0.6) is 0 Å². The molecule has 0 radical (unpaired) electrons. The highest BCUT2D eigenvalue weighted by Crippen LogP contribution is 2.24. The summed E-state index contributed by atoms with van der Waals surface area (Å²) in [4.78, 5) is 20.1. The molecule has 0 bridgehead atoms. The monoisotopic (exact) mass is 360 g/mol. The lowest BCUT2D eigenvalue weighted by molar-refractivity contribution is 0.100. The summed E-state index contributed by atoms with van der Waals surface area (Å²) in [5, 5.41) is 6.00. The Morgan fingerprint density at radius 2 is 2.08 bits per heavy atom. The van der Waals surface area contributed by atoms with Gasteiger partial charge in [-0.05, 0) is 38.5 Å². The Hall–Kier alpha value is -2.74. The number of nitrogens with zero attached hydrogens (tertiary/aromatic N) is 2. The molecule has 0 saturated carbocycles. The molecule has 2 aromatic heterocycles. The van der Waals surface area contributed by atoms with Crippen LogP contribution in [0.4, 0.5) is 21.7 Å². The lowest BCUT2D eigenvalue weighted by Crippen LogP contribution is -2.38. The molecule has 8 heteroatoms. The van der Waals surface area contributed by atoms with Crippen LogP contribution in [0.2, 0.25) is 0 Å². The van der Waals surface area contributed by atoms with Crippen molar-refractivity contribution in [1.82, 2.24) is 9.97 Å². The molecule has 6 N–H and O–H groups in total. The number of amides is 1. The van der Waals surface area contributed by atoms with Crippen LogP contribution >= 0.6 is 0 Å². The summed E-state index contributed by atoms with van der Waals surface area (Å²) in [5.74, 6) is -1.25. The van der Waals surface area contributed by atoms with E-state index >= 15 is 0 Å². The molecule has 0 unspecified atom stereocenters. The molecule has 0 fully saturated rings. The molecule has 0 aliphatic carbocycles. The highest BCUT2D eigenvalue weighted by Gasteiger charge is 2.20. The summed E-state index contributed by atoms with van der Waals surface area (Å²) < 4.78 is 14.4. The molecule has 0 aliphatic rings. The molecule has 0 saturated heterocycles. The molecule has 7 nitrogen and oxygen atoms in total. The molecule has 0 spiro atoms. The van der Waals surface area contributed by atoms with Crippen LogP contribution in [0, 0.1) is 12.7 Å². The number of hydrogen-bond donors (Lipinski definition) is 4. The second-order valence-corrected chi connectivity index (χ2v) is 6.29. The van der Waals surface area contributed by atoms with Gasteiger partial charge in [-0.2, -0.15) is 0 Å². The van der Waals surface area contributed by atoms with Crippen molar-refractivity contribution in [2.75, 3.05) is 10.6 Å². The number of anilines is 3. The zero-order chi connectivity index (χ0) is 19.3. The number of nitrogens with one attached hydrogen (secondary N) is 2. The SMILES string of the molecule is CCC[C@@H](Nc1nc(Nc2ccc(C)nc2)c(C(N)=O)cc1F)[C@H](C)N. The third-order valence-electron chi connectivity index (χ3n) is 3.97. The fourth-order valence-electron chi connectivity index (χ4n) is 2.50. The Morgan fingerprint density at radius 3 is 2.62 bits per heavy atom. The minimum absolute atomic E-state index is 0.0216. The van der Waals surface area contributed by atoms with Gasteiger partial charge in [0.1, 0.15) is 5.82 Å². The zero-order valence-corrected chi connectivity index (χ0v) is 15.2. The lowest BCUT2D eigenvalue weighted by Gasteiger charge is -2.23. The Kier molecular flexibility index (Phi) is 6.46. The van der Waals surface area contributed by atoms with Gasteiger partial charge in [0.25, 0.3) is 5.91 Å². The minimum Gasteiger partial charge on any atom is -0.365 e. The third-order valence-corrected chi connectivity index (χ3v) is 3.97. The van der Waals surface area contributed by atoms with Crippen molar-refractivity contribution < 1.29 is 9.18 Å². The minimum atomic E-state index is -0.775. The first-order valence-corrected chi connectivity index (χ1v) is 8.54. The third kappa shape index (κ3) is 4.89. The number of rotatable bonds is 8. The average molecular weight is 360 g/mol. The van der Waals surface area contributed by atoms with Gasteiger partial charge in [-0.25, -0.2) is 9.37 Å². The van der Waals surface area contributed by atoms with Crippen molar-refractivity contribution in [2.45, 2.75) is 45.7 Å². The van der Waals surface area contributed by atoms with Gasteiger partial charge in [-0.3, -0.25) is 9.78 Å². The van der Waals surface area contributed by atoms with Gasteiger partial charge in [0, 0.05) is 17.8 Å². The maximum absolute atomic E-state index is 14.4. The molecule has 2 rings (SSSR count). The van der Waals surface area contributed by atoms with Crippen molar-refractivity contribution >= 4 is 23.2 Å². The summed E-state index contributed by atoms with van der Waals surface area (Å²) in [7, 11) is 0. The maximum atomic E-state index is 14.4.